The zero-order valence-corrected chi connectivity index (χ0v) is 11.6. The van der Waals surface area contributed by atoms with Crippen molar-refractivity contribution in [3.05, 3.63) is 0 Å². The Labute approximate surface area is 113 Å². The van der Waals surface area contributed by atoms with Crippen LogP contribution in [0.2, 0.25) is 0 Å². The number of carbonyl (C=O) groups excluding carboxylic acids is 2. The smallest absolute Gasteiger partial charge is 0.308 e. The minimum absolute atomic E-state index is 0.0611. The van der Waals surface area contributed by atoms with Crippen LogP contribution in [0.5, 0.6) is 0 Å². The van der Waals surface area contributed by atoms with E-state index < -0.39 is 0 Å². The summed E-state index contributed by atoms with van der Waals surface area (Å²) in [6.45, 7) is 2.34. The monoisotopic (exact) mass is 270 g/mol. The number of hydrogen-bond acceptors (Lipinski definition) is 5. The van der Waals surface area contributed by atoms with Crippen LogP contribution in [0.1, 0.15) is 12.8 Å². The third-order valence-electron chi connectivity index (χ3n) is 4.11. The van der Waals surface area contributed by atoms with Crippen molar-refractivity contribution < 1.29 is 19.1 Å². The van der Waals surface area contributed by atoms with Gasteiger partial charge in [0, 0.05) is 19.1 Å². The van der Waals surface area contributed by atoms with Crippen molar-refractivity contribution >= 4 is 11.9 Å². The molecule has 0 saturated carbocycles. The SMILES string of the molecule is CNC1COCC1C(=O)N1CCC(C(=O)OC)CC1. The second kappa shape index (κ2) is 6.34. The highest BCUT2D eigenvalue weighted by Gasteiger charge is 2.37. The third-order valence-corrected chi connectivity index (χ3v) is 4.11. The average Bonchev–Trinajstić information content (AvgIpc) is 2.94. The fourth-order valence-electron chi connectivity index (χ4n) is 2.82. The number of likely N-dealkylation sites (N-methyl/N-ethyl adjacent to an activating group) is 1. The standard InChI is InChI=1S/C13H22N2O4/c1-14-11-8-19-7-10(11)12(16)15-5-3-9(4-6-15)13(17)18-2/h9-11,14H,3-8H2,1-2H3. The van der Waals surface area contributed by atoms with E-state index in [1.54, 1.807) is 0 Å². The Hall–Kier alpha value is -1.14. The average molecular weight is 270 g/mol. The summed E-state index contributed by atoms with van der Waals surface area (Å²) in [5.74, 6) is -0.182. The molecule has 2 aliphatic heterocycles. The number of nitrogens with zero attached hydrogens (tertiary/aromatic N) is 1. The number of hydrogen-bond donors (Lipinski definition) is 1. The van der Waals surface area contributed by atoms with Crippen LogP contribution in [0, 0.1) is 11.8 Å². The van der Waals surface area contributed by atoms with Gasteiger partial charge in [-0.05, 0) is 19.9 Å². The molecule has 2 heterocycles. The fourth-order valence-corrected chi connectivity index (χ4v) is 2.82. The summed E-state index contributed by atoms with van der Waals surface area (Å²) in [4.78, 5) is 25.7. The van der Waals surface area contributed by atoms with Crippen LogP contribution in [0.4, 0.5) is 0 Å². The highest BCUT2D eigenvalue weighted by atomic mass is 16.5. The van der Waals surface area contributed by atoms with E-state index in [4.69, 9.17) is 9.47 Å². The molecule has 2 fully saturated rings. The fraction of sp³-hybridized carbons (Fsp3) is 0.846. The van der Waals surface area contributed by atoms with Crippen molar-refractivity contribution in [2.24, 2.45) is 11.8 Å². The Bertz CT molecular complexity index is 340. The van der Waals surface area contributed by atoms with Crippen LogP contribution < -0.4 is 5.32 Å². The maximum atomic E-state index is 12.4. The van der Waals surface area contributed by atoms with Gasteiger partial charge < -0.3 is 19.7 Å². The maximum Gasteiger partial charge on any atom is 0.308 e. The minimum atomic E-state index is -0.163. The van der Waals surface area contributed by atoms with E-state index >= 15 is 0 Å². The van der Waals surface area contributed by atoms with Gasteiger partial charge in [-0.1, -0.05) is 0 Å². The molecular weight excluding hydrogens is 248 g/mol. The molecule has 0 aromatic heterocycles. The van der Waals surface area contributed by atoms with E-state index in [9.17, 15) is 9.59 Å². The van der Waals surface area contributed by atoms with Gasteiger partial charge in [0.05, 0.1) is 32.2 Å². The number of methoxy groups -OCH3 is 1. The summed E-state index contributed by atoms with van der Waals surface area (Å²) in [6.07, 6.45) is 1.38. The molecule has 0 spiro atoms. The van der Waals surface area contributed by atoms with E-state index in [-0.39, 0.29) is 29.8 Å². The van der Waals surface area contributed by atoms with Gasteiger partial charge in [-0.2, -0.15) is 0 Å². The number of ether oxygens (including phenoxy) is 2. The lowest BCUT2D eigenvalue weighted by Gasteiger charge is -2.33. The Kier molecular flexibility index (Phi) is 4.76. The first-order valence-corrected chi connectivity index (χ1v) is 6.79. The van der Waals surface area contributed by atoms with Gasteiger partial charge >= 0.3 is 5.97 Å². The summed E-state index contributed by atoms with van der Waals surface area (Å²) in [7, 11) is 3.26. The molecule has 2 atom stereocenters. The van der Waals surface area contributed by atoms with Crippen molar-refractivity contribution in [3.63, 3.8) is 0 Å². The van der Waals surface area contributed by atoms with E-state index in [0.29, 0.717) is 39.1 Å². The highest BCUT2D eigenvalue weighted by Crippen LogP contribution is 2.22. The number of nitrogens with one attached hydrogen (secondary N) is 1. The number of likely N-dealkylation sites (tertiary alicyclic amines) is 1. The van der Waals surface area contributed by atoms with Crippen molar-refractivity contribution in [2.45, 2.75) is 18.9 Å². The molecule has 0 radical (unpaired) electrons. The van der Waals surface area contributed by atoms with Gasteiger partial charge in [0.1, 0.15) is 0 Å². The largest absolute Gasteiger partial charge is 0.469 e. The molecule has 2 unspecified atom stereocenters. The Morgan fingerprint density at radius 2 is 1.95 bits per heavy atom. The molecule has 19 heavy (non-hydrogen) atoms. The van der Waals surface area contributed by atoms with Crippen molar-refractivity contribution in [2.75, 3.05) is 40.5 Å². The molecule has 1 N–H and O–H groups in total. The lowest BCUT2D eigenvalue weighted by molar-refractivity contribution is -0.149. The topological polar surface area (TPSA) is 67.9 Å². The first-order valence-electron chi connectivity index (χ1n) is 6.79. The second-order valence-corrected chi connectivity index (χ2v) is 5.16. The minimum Gasteiger partial charge on any atom is -0.469 e. The molecule has 0 bridgehead atoms. The van der Waals surface area contributed by atoms with E-state index in [1.807, 2.05) is 11.9 Å². The van der Waals surface area contributed by atoms with Crippen LogP contribution in [0.3, 0.4) is 0 Å². The molecule has 0 aromatic carbocycles. The Morgan fingerprint density at radius 1 is 1.26 bits per heavy atom. The molecule has 0 aliphatic carbocycles. The lowest BCUT2D eigenvalue weighted by Crippen LogP contribution is -2.48. The van der Waals surface area contributed by atoms with Gasteiger partial charge in [-0.3, -0.25) is 9.59 Å². The number of amides is 1. The van der Waals surface area contributed by atoms with Gasteiger partial charge in [-0.25, -0.2) is 0 Å². The van der Waals surface area contributed by atoms with Crippen LogP contribution in [-0.2, 0) is 19.1 Å². The summed E-state index contributed by atoms with van der Waals surface area (Å²) < 4.78 is 10.1. The molecule has 2 rings (SSSR count). The van der Waals surface area contributed by atoms with Crippen LogP contribution >= 0.6 is 0 Å². The molecular formula is C13H22N2O4. The number of rotatable bonds is 3. The number of carbonyl (C=O) groups is 2. The summed E-state index contributed by atoms with van der Waals surface area (Å²) in [5.41, 5.74) is 0. The van der Waals surface area contributed by atoms with E-state index in [0.717, 1.165) is 0 Å². The second-order valence-electron chi connectivity index (χ2n) is 5.16. The first kappa shape index (κ1) is 14.3. The lowest BCUT2D eigenvalue weighted by atomic mass is 9.94. The first-order chi connectivity index (χ1) is 9.17. The molecule has 2 aliphatic rings. The molecule has 6 nitrogen and oxygen atoms in total. The zero-order valence-electron chi connectivity index (χ0n) is 11.6. The Morgan fingerprint density at radius 3 is 2.53 bits per heavy atom. The number of esters is 1. The van der Waals surface area contributed by atoms with Gasteiger partial charge in [0.25, 0.3) is 0 Å². The highest BCUT2D eigenvalue weighted by molar-refractivity contribution is 5.80. The number of piperidine rings is 1. The van der Waals surface area contributed by atoms with Crippen LogP contribution in [0.15, 0.2) is 0 Å². The predicted molar refractivity (Wildman–Crippen MR) is 68.5 cm³/mol. The summed E-state index contributed by atoms with van der Waals surface area (Å²) in [6, 6.07) is 0.103. The van der Waals surface area contributed by atoms with Crippen LogP contribution in [0.25, 0.3) is 0 Å². The Balaban J connectivity index is 1.87. The summed E-state index contributed by atoms with van der Waals surface area (Å²) >= 11 is 0. The molecule has 108 valence electrons. The quantitative estimate of drug-likeness (QED) is 0.709. The normalized spacial score (nSPS) is 28.4. The molecule has 6 heteroatoms. The predicted octanol–water partition coefficient (Wildman–Crippen LogP) is -0.368. The van der Waals surface area contributed by atoms with Gasteiger partial charge in [-0.15, -0.1) is 0 Å². The summed E-state index contributed by atoms with van der Waals surface area (Å²) in [5, 5.41) is 3.12. The molecule has 2 saturated heterocycles. The molecule has 1 amide bonds. The zero-order chi connectivity index (χ0) is 13.8. The van der Waals surface area contributed by atoms with Gasteiger partial charge in [0.2, 0.25) is 5.91 Å². The van der Waals surface area contributed by atoms with E-state index in [1.165, 1.54) is 7.11 Å². The van der Waals surface area contributed by atoms with Crippen molar-refractivity contribution in [3.8, 4) is 0 Å². The molecule has 0 aromatic rings. The van der Waals surface area contributed by atoms with E-state index in [2.05, 4.69) is 5.32 Å². The van der Waals surface area contributed by atoms with Crippen molar-refractivity contribution in [1.29, 1.82) is 0 Å². The maximum absolute atomic E-state index is 12.4. The van der Waals surface area contributed by atoms with Crippen molar-refractivity contribution in [1.82, 2.24) is 10.2 Å². The van der Waals surface area contributed by atoms with Gasteiger partial charge in [0.15, 0.2) is 0 Å². The third kappa shape index (κ3) is 3.06. The van der Waals surface area contributed by atoms with Crippen LogP contribution in [-0.4, -0.2) is 63.3 Å².